The summed E-state index contributed by atoms with van der Waals surface area (Å²) >= 11 is 0. The Morgan fingerprint density at radius 3 is 2.79 bits per heavy atom. The normalized spacial score (nSPS) is 15.5. The van der Waals surface area contributed by atoms with E-state index in [0.717, 1.165) is 37.4 Å². The minimum atomic E-state index is -0.238. The first kappa shape index (κ1) is 16.4. The van der Waals surface area contributed by atoms with Crippen LogP contribution in [-0.4, -0.2) is 45.5 Å². The maximum atomic E-state index is 12.4. The van der Waals surface area contributed by atoms with Crippen LogP contribution < -0.4 is 10.2 Å². The van der Waals surface area contributed by atoms with Crippen molar-refractivity contribution in [3.8, 4) is 0 Å². The third-order valence-electron chi connectivity index (χ3n) is 4.55. The highest BCUT2D eigenvalue weighted by molar-refractivity contribution is 6.04. The first-order valence-corrected chi connectivity index (χ1v) is 8.21. The van der Waals surface area contributed by atoms with E-state index in [4.69, 9.17) is 0 Å². The van der Waals surface area contributed by atoms with Gasteiger partial charge in [-0.1, -0.05) is 0 Å². The molecule has 0 radical (unpaired) electrons. The Bertz CT molecular complexity index is 700. The molecule has 1 saturated heterocycles. The van der Waals surface area contributed by atoms with Gasteiger partial charge in [0.2, 0.25) is 0 Å². The van der Waals surface area contributed by atoms with E-state index in [1.165, 1.54) is 0 Å². The van der Waals surface area contributed by atoms with Gasteiger partial charge in [0.05, 0.1) is 5.69 Å². The first-order chi connectivity index (χ1) is 11.6. The average molecular weight is 329 g/mol. The summed E-state index contributed by atoms with van der Waals surface area (Å²) in [7, 11) is 1.81. The number of hydrogen-bond acceptors (Lipinski definition) is 5. The number of pyridine rings is 1. The van der Waals surface area contributed by atoms with Gasteiger partial charge in [-0.25, -0.2) is 4.98 Å². The molecule has 0 bridgehead atoms. The molecule has 7 nitrogen and oxygen atoms in total. The molecule has 0 atom stereocenters. The van der Waals surface area contributed by atoms with Gasteiger partial charge in [0.25, 0.3) is 5.91 Å². The highest BCUT2D eigenvalue weighted by atomic mass is 16.3. The average Bonchev–Trinajstić information content (AvgIpc) is 2.95. The van der Waals surface area contributed by atoms with E-state index in [1.54, 1.807) is 16.9 Å². The van der Waals surface area contributed by atoms with Crippen molar-refractivity contribution < 1.29 is 9.90 Å². The van der Waals surface area contributed by atoms with Crippen LogP contribution in [0, 0.1) is 12.8 Å². The summed E-state index contributed by atoms with van der Waals surface area (Å²) in [6.45, 7) is 3.80. The Labute approximate surface area is 141 Å². The minimum absolute atomic E-state index is 0.235. The number of aryl methyl sites for hydroxylation is 2. The van der Waals surface area contributed by atoms with Crippen molar-refractivity contribution in [1.29, 1.82) is 0 Å². The molecule has 24 heavy (non-hydrogen) atoms. The topological polar surface area (TPSA) is 83.3 Å². The van der Waals surface area contributed by atoms with Crippen LogP contribution in [0.15, 0.2) is 24.4 Å². The van der Waals surface area contributed by atoms with Crippen molar-refractivity contribution in [2.24, 2.45) is 13.0 Å². The van der Waals surface area contributed by atoms with Gasteiger partial charge >= 0.3 is 0 Å². The van der Waals surface area contributed by atoms with Crippen LogP contribution in [0.5, 0.6) is 0 Å². The SMILES string of the molecule is Cc1cc(C(=O)Nc2cccnc2N2CCC(CO)CC2)nn1C. The second-order valence-electron chi connectivity index (χ2n) is 6.24. The van der Waals surface area contributed by atoms with Gasteiger partial charge < -0.3 is 15.3 Å². The quantitative estimate of drug-likeness (QED) is 0.890. The molecule has 128 valence electrons. The fourth-order valence-corrected chi connectivity index (χ4v) is 2.93. The Morgan fingerprint density at radius 1 is 1.42 bits per heavy atom. The monoisotopic (exact) mass is 329 g/mol. The summed E-state index contributed by atoms with van der Waals surface area (Å²) in [4.78, 5) is 19.1. The second kappa shape index (κ2) is 7.00. The van der Waals surface area contributed by atoms with Crippen molar-refractivity contribution in [3.05, 3.63) is 35.8 Å². The van der Waals surface area contributed by atoms with Gasteiger partial charge in [-0.3, -0.25) is 9.48 Å². The van der Waals surface area contributed by atoms with E-state index in [2.05, 4.69) is 20.3 Å². The Hall–Kier alpha value is -2.41. The van der Waals surface area contributed by atoms with Crippen molar-refractivity contribution in [3.63, 3.8) is 0 Å². The van der Waals surface area contributed by atoms with Crippen molar-refractivity contribution in [1.82, 2.24) is 14.8 Å². The summed E-state index contributed by atoms with van der Waals surface area (Å²) < 4.78 is 1.68. The van der Waals surface area contributed by atoms with Crippen LogP contribution in [0.25, 0.3) is 0 Å². The lowest BCUT2D eigenvalue weighted by atomic mass is 9.98. The van der Waals surface area contributed by atoms with Crippen molar-refractivity contribution >= 4 is 17.4 Å². The molecule has 2 aromatic rings. The lowest BCUT2D eigenvalue weighted by Crippen LogP contribution is -2.36. The molecule has 0 saturated carbocycles. The zero-order valence-corrected chi connectivity index (χ0v) is 14.1. The first-order valence-electron chi connectivity index (χ1n) is 8.21. The third-order valence-corrected chi connectivity index (χ3v) is 4.55. The number of piperidine rings is 1. The van der Waals surface area contributed by atoms with E-state index in [9.17, 15) is 9.90 Å². The van der Waals surface area contributed by atoms with Crippen LogP contribution in [0.1, 0.15) is 29.0 Å². The number of nitrogens with one attached hydrogen (secondary N) is 1. The van der Waals surface area contributed by atoms with E-state index < -0.39 is 0 Å². The summed E-state index contributed by atoms with van der Waals surface area (Å²) in [6.07, 6.45) is 3.59. The maximum Gasteiger partial charge on any atom is 0.276 e. The lowest BCUT2D eigenvalue weighted by Gasteiger charge is -2.33. The van der Waals surface area contributed by atoms with Gasteiger partial charge in [-0.05, 0) is 43.9 Å². The van der Waals surface area contributed by atoms with Gasteiger partial charge in [0, 0.05) is 38.6 Å². The number of rotatable bonds is 4. The number of aromatic nitrogens is 3. The van der Waals surface area contributed by atoms with Crippen molar-refractivity contribution in [2.45, 2.75) is 19.8 Å². The number of anilines is 2. The molecule has 2 N–H and O–H groups in total. The molecule has 3 rings (SSSR count). The van der Waals surface area contributed by atoms with Gasteiger partial charge in [0.15, 0.2) is 11.5 Å². The molecule has 2 aromatic heterocycles. The molecule has 7 heteroatoms. The number of aliphatic hydroxyl groups excluding tert-OH is 1. The Balaban J connectivity index is 1.76. The van der Waals surface area contributed by atoms with Gasteiger partial charge in [-0.15, -0.1) is 0 Å². The van der Waals surface area contributed by atoms with Crippen molar-refractivity contribution in [2.75, 3.05) is 29.9 Å². The van der Waals surface area contributed by atoms with E-state index in [1.807, 2.05) is 26.1 Å². The zero-order chi connectivity index (χ0) is 17.1. The molecule has 0 aromatic carbocycles. The number of hydrogen-bond donors (Lipinski definition) is 2. The molecule has 1 aliphatic rings. The molecule has 0 unspecified atom stereocenters. The zero-order valence-electron chi connectivity index (χ0n) is 14.1. The van der Waals surface area contributed by atoms with Crippen LogP contribution in [-0.2, 0) is 7.05 Å². The minimum Gasteiger partial charge on any atom is -0.396 e. The predicted molar refractivity (Wildman–Crippen MR) is 92.2 cm³/mol. The lowest BCUT2D eigenvalue weighted by molar-refractivity contribution is 0.102. The summed E-state index contributed by atoms with van der Waals surface area (Å²) in [5.41, 5.74) is 2.01. The molecule has 1 amide bonds. The number of carbonyl (C=O) groups is 1. The largest absolute Gasteiger partial charge is 0.396 e. The number of aliphatic hydroxyl groups is 1. The molecule has 0 spiro atoms. The number of nitrogens with zero attached hydrogens (tertiary/aromatic N) is 4. The molecular weight excluding hydrogens is 306 g/mol. The molecule has 3 heterocycles. The molecule has 1 fully saturated rings. The fraction of sp³-hybridized carbons (Fsp3) is 0.471. The molecule has 0 aliphatic carbocycles. The van der Waals surface area contributed by atoms with Crippen LogP contribution >= 0.6 is 0 Å². The fourth-order valence-electron chi connectivity index (χ4n) is 2.93. The van der Waals surface area contributed by atoms with E-state index >= 15 is 0 Å². The summed E-state index contributed by atoms with van der Waals surface area (Å²) in [5.74, 6) is 0.896. The number of carbonyl (C=O) groups excluding carboxylic acids is 1. The predicted octanol–water partition coefficient (Wildman–Crippen LogP) is 1.58. The Morgan fingerprint density at radius 2 is 2.17 bits per heavy atom. The van der Waals surface area contributed by atoms with Crippen LogP contribution in [0.2, 0.25) is 0 Å². The number of amides is 1. The second-order valence-corrected chi connectivity index (χ2v) is 6.24. The Kier molecular flexibility index (Phi) is 4.80. The van der Waals surface area contributed by atoms with Crippen LogP contribution in [0.4, 0.5) is 11.5 Å². The highest BCUT2D eigenvalue weighted by Gasteiger charge is 2.22. The standard InChI is InChI=1S/C17H23N5O2/c1-12-10-15(20-21(12)2)17(24)19-14-4-3-7-18-16(14)22-8-5-13(11-23)6-9-22/h3-4,7,10,13,23H,5-6,8-9,11H2,1-2H3,(H,19,24). The smallest absolute Gasteiger partial charge is 0.276 e. The van der Waals surface area contributed by atoms with E-state index in [-0.39, 0.29) is 12.5 Å². The maximum absolute atomic E-state index is 12.4. The summed E-state index contributed by atoms with van der Waals surface area (Å²) in [5, 5.41) is 16.4. The molecule has 1 aliphatic heterocycles. The van der Waals surface area contributed by atoms with Crippen LogP contribution in [0.3, 0.4) is 0 Å². The highest BCUT2D eigenvalue weighted by Crippen LogP contribution is 2.27. The third kappa shape index (κ3) is 3.41. The molecular formula is C17H23N5O2. The van der Waals surface area contributed by atoms with Gasteiger partial charge in [0.1, 0.15) is 0 Å². The summed E-state index contributed by atoms with van der Waals surface area (Å²) in [6, 6.07) is 5.43. The van der Waals surface area contributed by atoms with E-state index in [0.29, 0.717) is 17.3 Å². The van der Waals surface area contributed by atoms with Gasteiger partial charge in [-0.2, -0.15) is 5.10 Å².